The zero-order chi connectivity index (χ0) is 10.6. The SMILES string of the molecule is CNCCc1cc(OC)cc(Br)c1O. The van der Waals surface area contributed by atoms with E-state index in [2.05, 4.69) is 21.2 Å². The van der Waals surface area contributed by atoms with Gasteiger partial charge in [-0.25, -0.2) is 0 Å². The second-order valence-electron chi connectivity index (χ2n) is 2.97. The van der Waals surface area contributed by atoms with E-state index in [1.165, 1.54) is 0 Å². The van der Waals surface area contributed by atoms with E-state index in [-0.39, 0.29) is 0 Å². The molecule has 4 heteroatoms. The molecule has 1 aromatic carbocycles. The molecule has 0 saturated carbocycles. The lowest BCUT2D eigenvalue weighted by Gasteiger charge is -2.08. The molecule has 14 heavy (non-hydrogen) atoms. The molecular weight excluding hydrogens is 246 g/mol. The first kappa shape index (κ1) is 11.3. The summed E-state index contributed by atoms with van der Waals surface area (Å²) < 4.78 is 5.78. The van der Waals surface area contributed by atoms with Crippen molar-refractivity contribution in [3.05, 3.63) is 22.2 Å². The van der Waals surface area contributed by atoms with Crippen molar-refractivity contribution in [2.45, 2.75) is 6.42 Å². The third-order valence-corrected chi connectivity index (χ3v) is 2.60. The average molecular weight is 260 g/mol. The molecule has 0 amide bonds. The van der Waals surface area contributed by atoms with Crippen LogP contribution in [0.15, 0.2) is 16.6 Å². The van der Waals surface area contributed by atoms with Crippen LogP contribution < -0.4 is 10.1 Å². The molecule has 0 aliphatic heterocycles. The summed E-state index contributed by atoms with van der Waals surface area (Å²) in [4.78, 5) is 0. The minimum atomic E-state index is 0.293. The number of phenolic OH excluding ortho intramolecular Hbond substituents is 1. The smallest absolute Gasteiger partial charge is 0.133 e. The van der Waals surface area contributed by atoms with Crippen LogP contribution in [0, 0.1) is 0 Å². The standard InChI is InChI=1S/C10H14BrNO2/c1-12-4-3-7-5-8(14-2)6-9(11)10(7)13/h5-6,12-13H,3-4H2,1-2H3. The van der Waals surface area contributed by atoms with Crippen LogP contribution in [-0.2, 0) is 6.42 Å². The van der Waals surface area contributed by atoms with Gasteiger partial charge in [0.1, 0.15) is 11.5 Å². The second kappa shape index (κ2) is 5.22. The highest BCUT2D eigenvalue weighted by atomic mass is 79.9. The first-order chi connectivity index (χ1) is 6.69. The van der Waals surface area contributed by atoms with Gasteiger partial charge in [0.05, 0.1) is 11.6 Å². The van der Waals surface area contributed by atoms with Gasteiger partial charge in [-0.1, -0.05) is 0 Å². The molecular formula is C10H14BrNO2. The van der Waals surface area contributed by atoms with Crippen molar-refractivity contribution >= 4 is 15.9 Å². The summed E-state index contributed by atoms with van der Waals surface area (Å²) in [5.74, 6) is 1.04. The Bertz CT molecular complexity index is 315. The van der Waals surface area contributed by atoms with Crippen molar-refractivity contribution in [3.8, 4) is 11.5 Å². The van der Waals surface area contributed by atoms with Crippen LogP contribution in [0.2, 0.25) is 0 Å². The van der Waals surface area contributed by atoms with Gasteiger partial charge in [0.15, 0.2) is 0 Å². The quantitative estimate of drug-likeness (QED) is 0.869. The van der Waals surface area contributed by atoms with E-state index in [9.17, 15) is 5.11 Å². The number of ether oxygens (including phenoxy) is 1. The Labute approximate surface area is 92.2 Å². The summed E-state index contributed by atoms with van der Waals surface area (Å²) in [7, 11) is 3.49. The van der Waals surface area contributed by atoms with E-state index in [0.717, 1.165) is 24.3 Å². The number of phenols is 1. The molecule has 0 spiro atoms. The van der Waals surface area contributed by atoms with Gasteiger partial charge in [0.25, 0.3) is 0 Å². The minimum Gasteiger partial charge on any atom is -0.506 e. The molecule has 0 radical (unpaired) electrons. The van der Waals surface area contributed by atoms with Crippen molar-refractivity contribution in [2.24, 2.45) is 0 Å². The van der Waals surface area contributed by atoms with Crippen molar-refractivity contribution in [3.63, 3.8) is 0 Å². The van der Waals surface area contributed by atoms with Crippen LogP contribution >= 0.6 is 15.9 Å². The lowest BCUT2D eigenvalue weighted by molar-refractivity contribution is 0.409. The van der Waals surface area contributed by atoms with Gasteiger partial charge in [-0.2, -0.15) is 0 Å². The van der Waals surface area contributed by atoms with Crippen molar-refractivity contribution in [1.29, 1.82) is 0 Å². The van der Waals surface area contributed by atoms with E-state index in [0.29, 0.717) is 10.2 Å². The van der Waals surface area contributed by atoms with E-state index < -0.39 is 0 Å². The summed E-state index contributed by atoms with van der Waals surface area (Å²) in [6.07, 6.45) is 0.776. The molecule has 0 heterocycles. The van der Waals surface area contributed by atoms with Crippen molar-refractivity contribution < 1.29 is 9.84 Å². The van der Waals surface area contributed by atoms with Gasteiger partial charge in [-0.05, 0) is 53.6 Å². The average Bonchev–Trinajstić information content (AvgIpc) is 2.20. The van der Waals surface area contributed by atoms with Gasteiger partial charge >= 0.3 is 0 Å². The minimum absolute atomic E-state index is 0.293. The van der Waals surface area contributed by atoms with E-state index >= 15 is 0 Å². The fourth-order valence-corrected chi connectivity index (χ4v) is 1.68. The Hall–Kier alpha value is -0.740. The summed E-state index contributed by atoms with van der Waals surface area (Å²) >= 11 is 3.28. The Morgan fingerprint density at radius 3 is 2.79 bits per heavy atom. The lowest BCUT2D eigenvalue weighted by atomic mass is 10.1. The number of hydrogen-bond donors (Lipinski definition) is 2. The van der Waals surface area contributed by atoms with E-state index in [4.69, 9.17) is 4.74 Å². The molecule has 2 N–H and O–H groups in total. The molecule has 1 aromatic rings. The molecule has 3 nitrogen and oxygen atoms in total. The highest BCUT2D eigenvalue weighted by molar-refractivity contribution is 9.10. The van der Waals surface area contributed by atoms with Gasteiger partial charge in [0.2, 0.25) is 0 Å². The second-order valence-corrected chi connectivity index (χ2v) is 3.82. The topological polar surface area (TPSA) is 41.5 Å². The maximum Gasteiger partial charge on any atom is 0.133 e. The van der Waals surface area contributed by atoms with Crippen LogP contribution in [0.5, 0.6) is 11.5 Å². The number of methoxy groups -OCH3 is 1. The van der Waals surface area contributed by atoms with E-state index in [1.54, 1.807) is 13.2 Å². The van der Waals surface area contributed by atoms with Gasteiger partial charge < -0.3 is 15.2 Å². The summed E-state index contributed by atoms with van der Waals surface area (Å²) in [6, 6.07) is 3.59. The molecule has 0 fully saturated rings. The van der Waals surface area contributed by atoms with Gasteiger partial charge in [-0.15, -0.1) is 0 Å². The third-order valence-electron chi connectivity index (χ3n) is 2.00. The fourth-order valence-electron chi connectivity index (χ4n) is 1.20. The summed E-state index contributed by atoms with van der Waals surface area (Å²) in [6.45, 7) is 0.827. The normalized spacial score (nSPS) is 10.2. The fraction of sp³-hybridized carbons (Fsp3) is 0.400. The number of aromatic hydroxyl groups is 1. The van der Waals surface area contributed by atoms with Crippen molar-refractivity contribution in [1.82, 2.24) is 5.32 Å². The number of likely N-dealkylation sites (N-methyl/N-ethyl adjacent to an activating group) is 1. The van der Waals surface area contributed by atoms with Crippen LogP contribution in [-0.4, -0.2) is 25.8 Å². The predicted molar refractivity (Wildman–Crippen MR) is 60.0 cm³/mol. The zero-order valence-electron chi connectivity index (χ0n) is 8.30. The first-order valence-corrected chi connectivity index (χ1v) is 5.18. The predicted octanol–water partition coefficient (Wildman–Crippen LogP) is 1.93. The molecule has 0 aliphatic rings. The molecule has 0 unspecified atom stereocenters. The number of halogens is 1. The first-order valence-electron chi connectivity index (χ1n) is 4.39. The summed E-state index contributed by atoms with van der Waals surface area (Å²) in [5.41, 5.74) is 0.880. The highest BCUT2D eigenvalue weighted by Crippen LogP contribution is 2.32. The molecule has 0 saturated heterocycles. The Balaban J connectivity index is 2.95. The maximum atomic E-state index is 9.71. The van der Waals surface area contributed by atoms with E-state index in [1.807, 2.05) is 13.1 Å². The Morgan fingerprint density at radius 1 is 1.50 bits per heavy atom. The van der Waals surface area contributed by atoms with Crippen LogP contribution in [0.3, 0.4) is 0 Å². The van der Waals surface area contributed by atoms with Gasteiger partial charge in [0, 0.05) is 0 Å². The molecule has 0 aromatic heterocycles. The number of rotatable bonds is 4. The molecule has 0 bridgehead atoms. The van der Waals surface area contributed by atoms with Crippen LogP contribution in [0.4, 0.5) is 0 Å². The summed E-state index contributed by atoms with van der Waals surface area (Å²) in [5, 5.41) is 12.7. The number of benzene rings is 1. The number of nitrogens with one attached hydrogen (secondary N) is 1. The largest absolute Gasteiger partial charge is 0.506 e. The monoisotopic (exact) mass is 259 g/mol. The molecule has 1 rings (SSSR count). The highest BCUT2D eigenvalue weighted by Gasteiger charge is 2.07. The maximum absolute atomic E-state index is 9.71. The Kier molecular flexibility index (Phi) is 4.22. The molecule has 0 aliphatic carbocycles. The molecule has 0 atom stereocenters. The van der Waals surface area contributed by atoms with Crippen LogP contribution in [0.1, 0.15) is 5.56 Å². The number of hydrogen-bond acceptors (Lipinski definition) is 3. The zero-order valence-corrected chi connectivity index (χ0v) is 9.89. The third kappa shape index (κ3) is 2.62. The van der Waals surface area contributed by atoms with Crippen LogP contribution in [0.25, 0.3) is 0 Å². The lowest BCUT2D eigenvalue weighted by Crippen LogP contribution is -2.10. The van der Waals surface area contributed by atoms with Crippen molar-refractivity contribution in [2.75, 3.05) is 20.7 Å². The molecule has 78 valence electrons. The Morgan fingerprint density at radius 2 is 2.21 bits per heavy atom. The van der Waals surface area contributed by atoms with Gasteiger partial charge in [-0.3, -0.25) is 0 Å².